The second-order valence-electron chi connectivity index (χ2n) is 3.76. The van der Waals surface area contributed by atoms with Crippen molar-refractivity contribution in [3.63, 3.8) is 0 Å². The van der Waals surface area contributed by atoms with Crippen LogP contribution in [-0.4, -0.2) is 17.3 Å². The summed E-state index contributed by atoms with van der Waals surface area (Å²) in [7, 11) is 0. The van der Waals surface area contributed by atoms with Gasteiger partial charge in [-0.1, -0.05) is 12.1 Å². The number of hydrogen-bond acceptors (Lipinski definition) is 2. The van der Waals surface area contributed by atoms with Gasteiger partial charge in [0, 0.05) is 0 Å². The van der Waals surface area contributed by atoms with Crippen molar-refractivity contribution in [1.82, 2.24) is 0 Å². The molecule has 0 saturated heterocycles. The Labute approximate surface area is 85.5 Å². The molecule has 0 bridgehead atoms. The van der Waals surface area contributed by atoms with E-state index in [4.69, 9.17) is 4.74 Å². The van der Waals surface area contributed by atoms with E-state index < -0.39 is 6.10 Å². The van der Waals surface area contributed by atoms with Crippen LogP contribution in [0, 0.1) is 13.8 Å². The summed E-state index contributed by atoms with van der Waals surface area (Å²) in [6, 6.07) is 5.95. The third-order valence-electron chi connectivity index (χ3n) is 2.55. The van der Waals surface area contributed by atoms with Crippen molar-refractivity contribution in [2.24, 2.45) is 0 Å². The average molecular weight is 194 g/mol. The summed E-state index contributed by atoms with van der Waals surface area (Å²) in [6.07, 6.45) is -0.620. The van der Waals surface area contributed by atoms with E-state index in [9.17, 15) is 5.11 Å². The lowest BCUT2D eigenvalue weighted by molar-refractivity contribution is 0.0600. The molecule has 0 amide bonds. The van der Waals surface area contributed by atoms with Gasteiger partial charge in [-0.2, -0.15) is 0 Å². The van der Waals surface area contributed by atoms with Crippen LogP contribution < -0.4 is 4.74 Å². The molecule has 0 aliphatic rings. The van der Waals surface area contributed by atoms with Gasteiger partial charge >= 0.3 is 0 Å². The van der Waals surface area contributed by atoms with Crippen LogP contribution >= 0.6 is 0 Å². The van der Waals surface area contributed by atoms with Crippen molar-refractivity contribution in [1.29, 1.82) is 0 Å². The maximum atomic E-state index is 9.32. The quantitative estimate of drug-likeness (QED) is 0.801. The van der Waals surface area contributed by atoms with E-state index in [-0.39, 0.29) is 6.10 Å². The standard InChI is InChI=1S/C12H18O2/c1-8-6-5-7-12(9(8)2)14-11(4)10(3)13/h5-7,10-11,13H,1-4H3/t10-,11?/m1/s1. The van der Waals surface area contributed by atoms with E-state index in [1.807, 2.05) is 26.0 Å². The minimum absolute atomic E-state index is 0.171. The van der Waals surface area contributed by atoms with Crippen molar-refractivity contribution < 1.29 is 9.84 Å². The van der Waals surface area contributed by atoms with E-state index in [1.54, 1.807) is 6.92 Å². The van der Waals surface area contributed by atoms with Gasteiger partial charge in [0.05, 0.1) is 6.10 Å². The Kier molecular flexibility index (Phi) is 3.53. The molecule has 0 aromatic heterocycles. The molecular weight excluding hydrogens is 176 g/mol. The first-order chi connectivity index (χ1) is 6.52. The van der Waals surface area contributed by atoms with Crippen LogP contribution in [0.2, 0.25) is 0 Å². The number of benzene rings is 1. The summed E-state index contributed by atoms with van der Waals surface area (Å²) in [4.78, 5) is 0. The largest absolute Gasteiger partial charge is 0.488 e. The monoisotopic (exact) mass is 194 g/mol. The summed E-state index contributed by atoms with van der Waals surface area (Å²) in [5.74, 6) is 0.860. The predicted octanol–water partition coefficient (Wildman–Crippen LogP) is 2.45. The normalized spacial score (nSPS) is 14.9. The predicted molar refractivity (Wildman–Crippen MR) is 57.7 cm³/mol. The van der Waals surface area contributed by atoms with E-state index in [1.165, 1.54) is 5.56 Å². The highest BCUT2D eigenvalue weighted by Crippen LogP contribution is 2.22. The van der Waals surface area contributed by atoms with Gasteiger partial charge in [0.2, 0.25) is 0 Å². The third-order valence-corrected chi connectivity index (χ3v) is 2.55. The maximum absolute atomic E-state index is 9.32. The molecule has 0 spiro atoms. The molecule has 0 heterocycles. The molecule has 2 nitrogen and oxygen atoms in total. The molecule has 14 heavy (non-hydrogen) atoms. The van der Waals surface area contributed by atoms with Gasteiger partial charge in [0.15, 0.2) is 0 Å². The molecule has 1 aromatic carbocycles. The van der Waals surface area contributed by atoms with Crippen LogP contribution in [0.25, 0.3) is 0 Å². The van der Waals surface area contributed by atoms with E-state index in [0.29, 0.717) is 0 Å². The zero-order valence-corrected chi connectivity index (χ0v) is 9.24. The molecule has 1 aromatic rings. The molecule has 1 rings (SSSR count). The van der Waals surface area contributed by atoms with Crippen molar-refractivity contribution >= 4 is 0 Å². The Morgan fingerprint density at radius 1 is 1.21 bits per heavy atom. The highest BCUT2D eigenvalue weighted by molar-refractivity contribution is 5.38. The maximum Gasteiger partial charge on any atom is 0.123 e. The Morgan fingerprint density at radius 2 is 1.86 bits per heavy atom. The minimum atomic E-state index is -0.449. The molecule has 0 aliphatic heterocycles. The van der Waals surface area contributed by atoms with Crippen molar-refractivity contribution in [2.45, 2.75) is 39.9 Å². The van der Waals surface area contributed by atoms with Crippen molar-refractivity contribution in [2.75, 3.05) is 0 Å². The number of rotatable bonds is 3. The Morgan fingerprint density at radius 3 is 2.43 bits per heavy atom. The number of ether oxygens (including phenoxy) is 1. The van der Waals surface area contributed by atoms with Crippen LogP contribution in [0.3, 0.4) is 0 Å². The van der Waals surface area contributed by atoms with Crippen molar-refractivity contribution in [3.05, 3.63) is 29.3 Å². The Hall–Kier alpha value is -1.02. The number of aliphatic hydroxyl groups excluding tert-OH is 1. The molecule has 0 radical (unpaired) electrons. The Balaban J connectivity index is 2.82. The molecule has 0 saturated carbocycles. The van der Waals surface area contributed by atoms with Gasteiger partial charge in [-0.15, -0.1) is 0 Å². The topological polar surface area (TPSA) is 29.5 Å². The van der Waals surface area contributed by atoms with Gasteiger partial charge in [0.1, 0.15) is 11.9 Å². The number of aliphatic hydroxyl groups is 1. The smallest absolute Gasteiger partial charge is 0.123 e. The lowest BCUT2D eigenvalue weighted by Crippen LogP contribution is -2.25. The first kappa shape index (κ1) is 11.1. The average Bonchev–Trinajstić information content (AvgIpc) is 2.12. The fourth-order valence-electron chi connectivity index (χ4n) is 1.15. The van der Waals surface area contributed by atoms with Crippen LogP contribution in [-0.2, 0) is 0 Å². The zero-order valence-electron chi connectivity index (χ0n) is 9.24. The fraction of sp³-hybridized carbons (Fsp3) is 0.500. The summed E-state index contributed by atoms with van der Waals surface area (Å²) in [5.41, 5.74) is 2.35. The minimum Gasteiger partial charge on any atom is -0.488 e. The lowest BCUT2D eigenvalue weighted by atomic mass is 10.1. The summed E-state index contributed by atoms with van der Waals surface area (Å²) in [5, 5.41) is 9.32. The molecular formula is C12H18O2. The zero-order chi connectivity index (χ0) is 10.7. The first-order valence-corrected chi connectivity index (χ1v) is 4.93. The van der Waals surface area contributed by atoms with E-state index in [0.717, 1.165) is 11.3 Å². The molecule has 1 unspecified atom stereocenters. The second-order valence-corrected chi connectivity index (χ2v) is 3.76. The van der Waals surface area contributed by atoms with E-state index in [2.05, 4.69) is 13.0 Å². The lowest BCUT2D eigenvalue weighted by Gasteiger charge is -2.19. The second kappa shape index (κ2) is 4.47. The van der Waals surface area contributed by atoms with E-state index >= 15 is 0 Å². The third kappa shape index (κ3) is 2.48. The van der Waals surface area contributed by atoms with Gasteiger partial charge in [-0.05, 0) is 44.9 Å². The number of aryl methyl sites for hydroxylation is 1. The van der Waals surface area contributed by atoms with Gasteiger partial charge in [-0.3, -0.25) is 0 Å². The molecule has 2 atom stereocenters. The Bertz CT molecular complexity index is 305. The summed E-state index contributed by atoms with van der Waals surface area (Å²) in [6.45, 7) is 7.68. The molecule has 78 valence electrons. The first-order valence-electron chi connectivity index (χ1n) is 4.93. The number of hydrogen-bond donors (Lipinski definition) is 1. The van der Waals surface area contributed by atoms with Crippen molar-refractivity contribution in [3.8, 4) is 5.75 Å². The summed E-state index contributed by atoms with van der Waals surface area (Å²) >= 11 is 0. The van der Waals surface area contributed by atoms with Gasteiger partial charge in [-0.25, -0.2) is 0 Å². The summed E-state index contributed by atoms with van der Waals surface area (Å²) < 4.78 is 5.64. The van der Waals surface area contributed by atoms with Crippen LogP contribution in [0.1, 0.15) is 25.0 Å². The van der Waals surface area contributed by atoms with Gasteiger partial charge in [0.25, 0.3) is 0 Å². The van der Waals surface area contributed by atoms with Gasteiger partial charge < -0.3 is 9.84 Å². The molecule has 0 aliphatic carbocycles. The fourth-order valence-corrected chi connectivity index (χ4v) is 1.15. The molecule has 2 heteroatoms. The highest BCUT2D eigenvalue weighted by Gasteiger charge is 2.11. The van der Waals surface area contributed by atoms with Crippen LogP contribution in [0.15, 0.2) is 18.2 Å². The van der Waals surface area contributed by atoms with Crippen LogP contribution in [0.4, 0.5) is 0 Å². The highest BCUT2D eigenvalue weighted by atomic mass is 16.5. The SMILES string of the molecule is Cc1cccc(OC(C)[C@@H](C)O)c1C. The molecule has 0 fully saturated rings. The molecule has 1 N–H and O–H groups in total. The van der Waals surface area contributed by atoms with Crippen LogP contribution in [0.5, 0.6) is 5.75 Å².